The van der Waals surface area contributed by atoms with Crippen LogP contribution in [0.1, 0.15) is 30.3 Å². The van der Waals surface area contributed by atoms with E-state index in [1.807, 2.05) is 17.8 Å². The number of nitrogens with one attached hydrogen (secondary N) is 1. The zero-order valence-electron chi connectivity index (χ0n) is 13.3. The van der Waals surface area contributed by atoms with Crippen LogP contribution in [0.4, 0.5) is 8.78 Å². The molecule has 128 valence electrons. The van der Waals surface area contributed by atoms with E-state index in [0.29, 0.717) is 13.0 Å². The molecule has 0 bridgehead atoms. The third kappa shape index (κ3) is 3.62. The van der Waals surface area contributed by atoms with Gasteiger partial charge in [0.15, 0.2) is 0 Å². The van der Waals surface area contributed by atoms with E-state index in [-0.39, 0.29) is 36.5 Å². The topological polar surface area (TPSA) is 56.1 Å². The molecule has 24 heavy (non-hydrogen) atoms. The molecule has 0 saturated carbocycles. The number of benzene rings is 1. The van der Waals surface area contributed by atoms with Gasteiger partial charge in [0.1, 0.15) is 23.6 Å². The predicted molar refractivity (Wildman–Crippen MR) is 83.1 cm³/mol. The second kappa shape index (κ2) is 7.09. The minimum atomic E-state index is -0.508. The van der Waals surface area contributed by atoms with Crippen LogP contribution >= 0.6 is 0 Å². The molecule has 0 unspecified atom stereocenters. The fraction of sp³-hybridized carbons (Fsp3) is 0.412. The van der Waals surface area contributed by atoms with E-state index < -0.39 is 11.6 Å². The fourth-order valence-corrected chi connectivity index (χ4v) is 2.91. The average Bonchev–Trinajstić information content (AvgIpc) is 3.16. The molecule has 1 saturated heterocycles. The Balaban J connectivity index is 1.58. The lowest BCUT2D eigenvalue weighted by Gasteiger charge is -2.19. The van der Waals surface area contributed by atoms with Gasteiger partial charge in [-0.25, -0.2) is 13.8 Å². The first-order valence-corrected chi connectivity index (χ1v) is 7.86. The minimum absolute atomic E-state index is 0.0875. The number of carbonyl (C=O) groups excluding carboxylic acids is 1. The third-order valence-electron chi connectivity index (χ3n) is 4.18. The summed E-state index contributed by atoms with van der Waals surface area (Å²) in [5.41, 5.74) is 0.202. The van der Waals surface area contributed by atoms with Crippen LogP contribution in [0.25, 0.3) is 0 Å². The molecule has 1 amide bonds. The number of hydrogen-bond donors (Lipinski definition) is 1. The van der Waals surface area contributed by atoms with Gasteiger partial charge in [-0.1, -0.05) is 0 Å². The van der Waals surface area contributed by atoms with E-state index in [4.69, 9.17) is 4.74 Å². The summed E-state index contributed by atoms with van der Waals surface area (Å²) in [6, 6.07) is 3.09. The highest BCUT2D eigenvalue weighted by molar-refractivity contribution is 5.76. The molecular formula is C17H19F2N3O2. The second-order valence-corrected chi connectivity index (χ2v) is 5.89. The maximum atomic E-state index is 13.6. The summed E-state index contributed by atoms with van der Waals surface area (Å²) < 4.78 is 34.3. The average molecular weight is 335 g/mol. The zero-order valence-corrected chi connectivity index (χ0v) is 13.3. The maximum absolute atomic E-state index is 13.6. The smallest absolute Gasteiger partial charge is 0.220 e. The number of halogens is 2. The van der Waals surface area contributed by atoms with Crippen molar-refractivity contribution in [3.05, 3.63) is 53.6 Å². The maximum Gasteiger partial charge on any atom is 0.220 e. The molecule has 5 nitrogen and oxygen atoms in total. The molecule has 1 aliphatic heterocycles. The Morgan fingerprint density at radius 1 is 1.46 bits per heavy atom. The van der Waals surface area contributed by atoms with Crippen molar-refractivity contribution in [3.63, 3.8) is 0 Å². The molecule has 0 spiro atoms. The van der Waals surface area contributed by atoms with Crippen LogP contribution in [0, 0.1) is 11.6 Å². The number of carbonyl (C=O) groups is 1. The van der Waals surface area contributed by atoms with Gasteiger partial charge >= 0.3 is 0 Å². The van der Waals surface area contributed by atoms with Crippen LogP contribution in [0.5, 0.6) is 0 Å². The van der Waals surface area contributed by atoms with E-state index >= 15 is 0 Å². The number of ether oxygens (including phenoxy) is 1. The summed E-state index contributed by atoms with van der Waals surface area (Å²) in [6.45, 7) is 0.543. The van der Waals surface area contributed by atoms with Crippen molar-refractivity contribution in [2.75, 3.05) is 6.61 Å². The molecule has 1 N–H and O–H groups in total. The monoisotopic (exact) mass is 335 g/mol. The van der Waals surface area contributed by atoms with Gasteiger partial charge in [0.2, 0.25) is 5.91 Å². The van der Waals surface area contributed by atoms with E-state index in [0.717, 1.165) is 24.0 Å². The van der Waals surface area contributed by atoms with E-state index in [1.54, 1.807) is 6.20 Å². The van der Waals surface area contributed by atoms with Crippen LogP contribution in [0.3, 0.4) is 0 Å². The molecule has 0 aliphatic carbocycles. The van der Waals surface area contributed by atoms with Crippen molar-refractivity contribution >= 4 is 5.91 Å². The largest absolute Gasteiger partial charge is 0.368 e. The van der Waals surface area contributed by atoms with Crippen LogP contribution in [-0.4, -0.2) is 28.1 Å². The van der Waals surface area contributed by atoms with Gasteiger partial charge in [0.25, 0.3) is 0 Å². The molecule has 1 aromatic carbocycles. The van der Waals surface area contributed by atoms with Gasteiger partial charge < -0.3 is 14.6 Å². The summed E-state index contributed by atoms with van der Waals surface area (Å²) in [6.07, 6.45) is 4.14. The Labute approximate surface area is 138 Å². The predicted octanol–water partition coefficient (Wildman–Crippen LogP) is 2.28. The Morgan fingerprint density at radius 2 is 2.29 bits per heavy atom. The third-order valence-corrected chi connectivity index (χ3v) is 4.18. The Hall–Kier alpha value is -2.28. The first kappa shape index (κ1) is 16.6. The Kier molecular flexibility index (Phi) is 4.89. The number of aromatic nitrogens is 2. The number of amides is 1. The van der Waals surface area contributed by atoms with Crippen molar-refractivity contribution in [2.45, 2.75) is 31.4 Å². The lowest BCUT2D eigenvalue weighted by Crippen LogP contribution is -2.37. The van der Waals surface area contributed by atoms with Crippen molar-refractivity contribution in [2.24, 2.45) is 7.05 Å². The minimum Gasteiger partial charge on any atom is -0.368 e. The molecule has 7 heteroatoms. The van der Waals surface area contributed by atoms with E-state index in [9.17, 15) is 13.6 Å². The molecule has 2 heterocycles. The number of aryl methyl sites for hydroxylation is 2. The Morgan fingerprint density at radius 3 is 3.04 bits per heavy atom. The molecule has 1 aromatic heterocycles. The van der Waals surface area contributed by atoms with Gasteiger partial charge in [-0.05, 0) is 36.6 Å². The summed E-state index contributed by atoms with van der Waals surface area (Å²) in [5.74, 6) is -0.465. The summed E-state index contributed by atoms with van der Waals surface area (Å²) in [4.78, 5) is 16.4. The number of rotatable bonds is 5. The number of imidazole rings is 1. The number of hydrogen-bond acceptors (Lipinski definition) is 3. The first-order valence-electron chi connectivity index (χ1n) is 7.86. The van der Waals surface area contributed by atoms with Gasteiger partial charge in [0.05, 0.1) is 6.04 Å². The second-order valence-electron chi connectivity index (χ2n) is 5.89. The van der Waals surface area contributed by atoms with Crippen LogP contribution in [0.15, 0.2) is 30.6 Å². The first-order chi connectivity index (χ1) is 11.5. The lowest BCUT2D eigenvalue weighted by atomic mass is 10.1. The van der Waals surface area contributed by atoms with Crippen LogP contribution in [0.2, 0.25) is 0 Å². The summed E-state index contributed by atoms with van der Waals surface area (Å²) in [5, 5.41) is 2.92. The van der Waals surface area contributed by atoms with Gasteiger partial charge in [0, 0.05) is 32.5 Å². The summed E-state index contributed by atoms with van der Waals surface area (Å²) >= 11 is 0. The molecule has 2 atom stereocenters. The van der Waals surface area contributed by atoms with Crippen molar-refractivity contribution in [3.8, 4) is 0 Å². The van der Waals surface area contributed by atoms with Crippen molar-refractivity contribution in [1.82, 2.24) is 14.9 Å². The molecule has 0 radical (unpaired) electrons. The highest BCUT2D eigenvalue weighted by Crippen LogP contribution is 2.27. The quantitative estimate of drug-likeness (QED) is 0.912. The molecule has 1 fully saturated rings. The normalized spacial score (nSPS) is 20.3. The fourth-order valence-electron chi connectivity index (χ4n) is 2.91. The van der Waals surface area contributed by atoms with Crippen LogP contribution in [-0.2, 0) is 23.0 Å². The zero-order chi connectivity index (χ0) is 17.1. The summed E-state index contributed by atoms with van der Waals surface area (Å²) in [7, 11) is 1.87. The van der Waals surface area contributed by atoms with Crippen molar-refractivity contribution < 1.29 is 18.3 Å². The van der Waals surface area contributed by atoms with Crippen molar-refractivity contribution in [1.29, 1.82) is 0 Å². The van der Waals surface area contributed by atoms with E-state index in [1.165, 1.54) is 0 Å². The highest BCUT2D eigenvalue weighted by Gasteiger charge is 2.33. The van der Waals surface area contributed by atoms with E-state index in [2.05, 4.69) is 10.3 Å². The molecule has 3 rings (SSSR count). The molecule has 1 aliphatic rings. The molecular weight excluding hydrogens is 316 g/mol. The SMILES string of the molecule is Cn1ccnc1[C@H]1OCC[C@@H]1NC(=O)CCc1cc(F)ccc1F. The lowest BCUT2D eigenvalue weighted by molar-refractivity contribution is -0.122. The standard InChI is InChI=1S/C17H19F2N3O2/c1-22-8-7-20-17(22)16-14(6-9-24-16)21-15(23)5-2-11-10-12(18)3-4-13(11)19/h3-4,7-8,10,14,16H,2,5-6,9H2,1H3,(H,21,23)/t14-,16-/m0/s1. The van der Waals surface area contributed by atoms with Gasteiger partial charge in [-0.2, -0.15) is 0 Å². The van der Waals surface area contributed by atoms with Gasteiger partial charge in [-0.3, -0.25) is 4.79 Å². The number of nitrogens with zero attached hydrogens (tertiary/aromatic N) is 2. The highest BCUT2D eigenvalue weighted by atomic mass is 19.1. The Bertz CT molecular complexity index is 732. The molecule has 2 aromatic rings. The van der Waals surface area contributed by atoms with Gasteiger partial charge in [-0.15, -0.1) is 0 Å². The van der Waals surface area contributed by atoms with Crippen LogP contribution < -0.4 is 5.32 Å².